The fraction of sp³-hybridized carbons (Fsp3) is 0.333. The summed E-state index contributed by atoms with van der Waals surface area (Å²) in [6.45, 7) is 5.79. The monoisotopic (exact) mass is 434 g/mol. The molecule has 0 aliphatic rings. The van der Waals surface area contributed by atoms with Crippen LogP contribution in [0.25, 0.3) is 0 Å². The quantitative estimate of drug-likeness (QED) is 0.713. The van der Waals surface area contributed by atoms with Crippen molar-refractivity contribution in [2.45, 2.75) is 45.8 Å². The van der Waals surface area contributed by atoms with Crippen molar-refractivity contribution in [1.29, 1.82) is 0 Å². The molecular weight excluding hydrogens is 411 g/mol. The summed E-state index contributed by atoms with van der Waals surface area (Å²) in [6.07, 6.45) is 0.105. The molecule has 0 saturated heterocycles. The maximum absolute atomic E-state index is 13.1. The van der Waals surface area contributed by atoms with Gasteiger partial charge in [-0.2, -0.15) is 0 Å². The van der Waals surface area contributed by atoms with E-state index >= 15 is 0 Å². The van der Waals surface area contributed by atoms with Crippen LogP contribution in [0.1, 0.15) is 31.9 Å². The molecule has 0 aliphatic heterocycles. The van der Waals surface area contributed by atoms with Crippen LogP contribution in [0.2, 0.25) is 0 Å². The molecule has 2 amide bonds. The second-order valence-corrected chi connectivity index (χ2v) is 7.71. The molecule has 2 rings (SSSR count). The molecule has 0 aromatic heterocycles. The second kappa shape index (κ2) is 9.65. The maximum atomic E-state index is 13.1. The average Bonchev–Trinajstić information content (AvgIpc) is 2.60. The van der Waals surface area contributed by atoms with Crippen LogP contribution < -0.4 is 5.32 Å². The molecule has 0 aliphatic carbocycles. The zero-order chi connectivity index (χ0) is 20.0. The summed E-state index contributed by atoms with van der Waals surface area (Å²) in [6, 6.07) is 12.8. The second-order valence-electron chi connectivity index (χ2n) is 6.79. The predicted molar refractivity (Wildman–Crippen MR) is 108 cm³/mol. The summed E-state index contributed by atoms with van der Waals surface area (Å²) >= 11 is 3.43. The van der Waals surface area contributed by atoms with E-state index in [1.54, 1.807) is 24.0 Å². The predicted octanol–water partition coefficient (Wildman–Crippen LogP) is 4.07. The molecule has 2 aromatic carbocycles. The number of rotatable bonds is 7. The first-order valence-electron chi connectivity index (χ1n) is 8.85. The molecule has 1 atom stereocenters. The van der Waals surface area contributed by atoms with Crippen LogP contribution in [0.4, 0.5) is 4.39 Å². The first-order chi connectivity index (χ1) is 12.8. The minimum Gasteiger partial charge on any atom is -0.352 e. The van der Waals surface area contributed by atoms with Gasteiger partial charge in [0.1, 0.15) is 11.9 Å². The van der Waals surface area contributed by atoms with Crippen LogP contribution in [-0.4, -0.2) is 28.8 Å². The van der Waals surface area contributed by atoms with Crippen molar-refractivity contribution in [2.75, 3.05) is 0 Å². The van der Waals surface area contributed by atoms with Gasteiger partial charge in [0.05, 0.1) is 6.42 Å². The van der Waals surface area contributed by atoms with E-state index in [1.165, 1.54) is 12.1 Å². The summed E-state index contributed by atoms with van der Waals surface area (Å²) in [7, 11) is 0. The van der Waals surface area contributed by atoms with Gasteiger partial charge in [0.15, 0.2) is 0 Å². The number of benzene rings is 2. The van der Waals surface area contributed by atoms with Crippen molar-refractivity contribution in [3.8, 4) is 0 Å². The van der Waals surface area contributed by atoms with Crippen LogP contribution in [0.15, 0.2) is 53.0 Å². The normalized spacial score (nSPS) is 11.9. The molecule has 0 spiro atoms. The Bertz CT molecular complexity index is 793. The number of hydrogen-bond acceptors (Lipinski definition) is 2. The van der Waals surface area contributed by atoms with Gasteiger partial charge < -0.3 is 10.2 Å². The lowest BCUT2D eigenvalue weighted by atomic mass is 10.1. The van der Waals surface area contributed by atoms with E-state index in [0.717, 1.165) is 10.0 Å². The van der Waals surface area contributed by atoms with Gasteiger partial charge in [-0.15, -0.1) is 0 Å². The van der Waals surface area contributed by atoms with E-state index < -0.39 is 6.04 Å². The van der Waals surface area contributed by atoms with Gasteiger partial charge in [-0.25, -0.2) is 4.39 Å². The molecule has 27 heavy (non-hydrogen) atoms. The van der Waals surface area contributed by atoms with E-state index in [9.17, 15) is 14.0 Å². The topological polar surface area (TPSA) is 49.4 Å². The first-order valence-corrected chi connectivity index (χ1v) is 9.64. The Hall–Kier alpha value is -2.21. The van der Waals surface area contributed by atoms with E-state index in [1.807, 2.05) is 38.1 Å². The minimum absolute atomic E-state index is 0.0140. The molecule has 6 heteroatoms. The Morgan fingerprint density at radius 2 is 1.74 bits per heavy atom. The molecule has 0 heterocycles. The molecule has 0 saturated carbocycles. The molecule has 0 bridgehead atoms. The van der Waals surface area contributed by atoms with Gasteiger partial charge in [-0.05, 0) is 56.2 Å². The minimum atomic E-state index is -0.626. The third-order valence-electron chi connectivity index (χ3n) is 4.11. The zero-order valence-corrected chi connectivity index (χ0v) is 17.3. The lowest BCUT2D eigenvalue weighted by Gasteiger charge is -2.29. The molecule has 1 N–H and O–H groups in total. The molecule has 1 unspecified atom stereocenters. The highest BCUT2D eigenvalue weighted by molar-refractivity contribution is 9.10. The van der Waals surface area contributed by atoms with E-state index in [2.05, 4.69) is 21.2 Å². The smallest absolute Gasteiger partial charge is 0.242 e. The van der Waals surface area contributed by atoms with Crippen LogP contribution in [0, 0.1) is 5.82 Å². The number of halogens is 2. The Labute approximate surface area is 167 Å². The van der Waals surface area contributed by atoms with Crippen molar-refractivity contribution in [2.24, 2.45) is 0 Å². The summed E-state index contributed by atoms with van der Waals surface area (Å²) in [5.41, 5.74) is 1.62. The highest BCUT2D eigenvalue weighted by atomic mass is 79.9. The Morgan fingerprint density at radius 1 is 1.07 bits per heavy atom. The molecule has 144 valence electrons. The van der Waals surface area contributed by atoms with Crippen molar-refractivity contribution >= 4 is 27.7 Å². The van der Waals surface area contributed by atoms with Crippen molar-refractivity contribution < 1.29 is 14.0 Å². The fourth-order valence-corrected chi connectivity index (χ4v) is 3.14. The lowest BCUT2D eigenvalue weighted by Crippen LogP contribution is -2.49. The number of carbonyl (C=O) groups excluding carboxylic acids is 2. The average molecular weight is 435 g/mol. The van der Waals surface area contributed by atoms with E-state index in [0.29, 0.717) is 12.1 Å². The number of hydrogen-bond donors (Lipinski definition) is 1. The van der Waals surface area contributed by atoms with Crippen LogP contribution in [0.5, 0.6) is 0 Å². The van der Waals surface area contributed by atoms with Crippen LogP contribution >= 0.6 is 15.9 Å². The maximum Gasteiger partial charge on any atom is 0.242 e. The largest absolute Gasteiger partial charge is 0.352 e. The number of nitrogens with one attached hydrogen (secondary N) is 1. The number of nitrogens with zero attached hydrogens (tertiary/aromatic N) is 1. The van der Waals surface area contributed by atoms with Crippen molar-refractivity contribution in [1.82, 2.24) is 10.2 Å². The molecule has 0 radical (unpaired) electrons. The summed E-state index contributed by atoms with van der Waals surface area (Å²) < 4.78 is 14.0. The van der Waals surface area contributed by atoms with Gasteiger partial charge in [0, 0.05) is 17.1 Å². The Kier molecular flexibility index (Phi) is 7.54. The van der Waals surface area contributed by atoms with Crippen molar-refractivity contribution in [3.05, 3.63) is 69.9 Å². The summed E-state index contributed by atoms with van der Waals surface area (Å²) in [5.74, 6) is -0.734. The van der Waals surface area contributed by atoms with Gasteiger partial charge >= 0.3 is 0 Å². The van der Waals surface area contributed by atoms with Gasteiger partial charge in [0.2, 0.25) is 11.8 Å². The standard InChI is InChI=1S/C21H24BrFN2O2/c1-14(2)24-21(27)15(3)25(13-17-5-4-6-18(22)11-17)20(26)12-16-7-9-19(23)10-8-16/h4-11,14-15H,12-13H2,1-3H3,(H,24,27). The third-order valence-corrected chi connectivity index (χ3v) is 4.60. The first kappa shape index (κ1) is 21.1. The summed E-state index contributed by atoms with van der Waals surface area (Å²) in [5, 5.41) is 2.85. The van der Waals surface area contributed by atoms with Gasteiger partial charge in [-0.1, -0.05) is 40.2 Å². The zero-order valence-electron chi connectivity index (χ0n) is 15.7. The van der Waals surface area contributed by atoms with E-state index in [-0.39, 0.29) is 30.1 Å². The lowest BCUT2D eigenvalue weighted by molar-refractivity contribution is -0.140. The van der Waals surface area contributed by atoms with Gasteiger partial charge in [0.25, 0.3) is 0 Å². The number of carbonyl (C=O) groups is 2. The molecule has 0 fully saturated rings. The molecule has 4 nitrogen and oxygen atoms in total. The SMILES string of the molecule is CC(C)NC(=O)C(C)N(Cc1cccc(Br)c1)C(=O)Cc1ccc(F)cc1. The van der Waals surface area contributed by atoms with Crippen molar-refractivity contribution in [3.63, 3.8) is 0 Å². The highest BCUT2D eigenvalue weighted by Crippen LogP contribution is 2.16. The summed E-state index contributed by atoms with van der Waals surface area (Å²) in [4.78, 5) is 27.0. The molecule has 2 aromatic rings. The van der Waals surface area contributed by atoms with Crippen LogP contribution in [0.3, 0.4) is 0 Å². The van der Waals surface area contributed by atoms with Crippen LogP contribution in [-0.2, 0) is 22.6 Å². The van der Waals surface area contributed by atoms with E-state index in [4.69, 9.17) is 0 Å². The number of amides is 2. The Morgan fingerprint density at radius 3 is 2.33 bits per heavy atom. The van der Waals surface area contributed by atoms with Gasteiger partial charge in [-0.3, -0.25) is 9.59 Å². The molecular formula is C21H24BrFN2O2. The highest BCUT2D eigenvalue weighted by Gasteiger charge is 2.26. The third kappa shape index (κ3) is 6.47. The fourth-order valence-electron chi connectivity index (χ4n) is 2.70. The Balaban J connectivity index is 2.22.